The topological polar surface area (TPSA) is 77.1 Å². The molecule has 152 valence electrons. The van der Waals surface area contributed by atoms with E-state index in [2.05, 4.69) is 12.4 Å². The van der Waals surface area contributed by atoms with E-state index in [1.165, 1.54) is 4.90 Å². The Labute approximate surface area is 157 Å². The fourth-order valence-corrected chi connectivity index (χ4v) is 2.60. The third-order valence-corrected chi connectivity index (χ3v) is 3.74. The lowest BCUT2D eigenvalue weighted by molar-refractivity contribution is -0.163. The third kappa shape index (κ3) is 8.36. The van der Waals surface area contributed by atoms with Gasteiger partial charge in [0.15, 0.2) is 0 Å². The molecule has 7 nitrogen and oxygen atoms in total. The van der Waals surface area contributed by atoms with Crippen LogP contribution in [0.2, 0.25) is 0 Å². The Kier molecular flexibility index (Phi) is 8.34. The summed E-state index contributed by atoms with van der Waals surface area (Å²) in [7, 11) is 0. The third-order valence-electron chi connectivity index (χ3n) is 3.74. The van der Waals surface area contributed by atoms with E-state index < -0.39 is 29.3 Å². The minimum atomic E-state index is -0.641. The molecule has 0 bridgehead atoms. The van der Waals surface area contributed by atoms with E-state index in [1.807, 2.05) is 20.8 Å². The lowest BCUT2D eigenvalue weighted by Crippen LogP contribution is -2.57. The van der Waals surface area contributed by atoms with Crippen molar-refractivity contribution in [3.05, 3.63) is 0 Å². The SMILES string of the molecule is CCCCON[C@@H]1CC[C@@H](C(=O)OC(C)(C)C)N(C(=O)OC(C)(C)C)C1. The molecule has 1 rings (SSSR count). The first kappa shape index (κ1) is 22.7. The maximum Gasteiger partial charge on any atom is 0.411 e. The molecule has 1 aliphatic heterocycles. The van der Waals surface area contributed by atoms with Gasteiger partial charge in [-0.1, -0.05) is 13.3 Å². The van der Waals surface area contributed by atoms with Gasteiger partial charge in [0.25, 0.3) is 0 Å². The van der Waals surface area contributed by atoms with Crippen molar-refractivity contribution in [2.75, 3.05) is 13.2 Å². The van der Waals surface area contributed by atoms with Gasteiger partial charge >= 0.3 is 12.1 Å². The fraction of sp³-hybridized carbons (Fsp3) is 0.895. The Balaban J connectivity index is 2.79. The fourth-order valence-electron chi connectivity index (χ4n) is 2.60. The Bertz CT molecular complexity index is 468. The highest BCUT2D eigenvalue weighted by Gasteiger charge is 2.40. The zero-order valence-corrected chi connectivity index (χ0v) is 17.4. The van der Waals surface area contributed by atoms with E-state index in [1.54, 1.807) is 20.8 Å². The monoisotopic (exact) mass is 372 g/mol. The van der Waals surface area contributed by atoms with Crippen LogP contribution in [0.1, 0.15) is 74.1 Å². The number of amides is 1. The number of unbranched alkanes of at least 4 members (excludes halogenated alkanes) is 1. The van der Waals surface area contributed by atoms with Crippen molar-refractivity contribution in [2.45, 2.75) is 97.4 Å². The van der Waals surface area contributed by atoms with Crippen LogP contribution in [0.4, 0.5) is 4.79 Å². The number of carbonyl (C=O) groups excluding carboxylic acids is 2. The molecule has 1 N–H and O–H groups in total. The van der Waals surface area contributed by atoms with E-state index in [0.29, 0.717) is 19.6 Å². The zero-order chi connectivity index (χ0) is 20.0. The number of esters is 1. The minimum Gasteiger partial charge on any atom is -0.458 e. The van der Waals surface area contributed by atoms with Gasteiger partial charge in [-0.3, -0.25) is 4.90 Å². The summed E-state index contributed by atoms with van der Waals surface area (Å²) in [6.45, 7) is 13.9. The summed E-state index contributed by atoms with van der Waals surface area (Å²) in [6.07, 6.45) is 2.74. The Morgan fingerprint density at radius 2 is 1.65 bits per heavy atom. The van der Waals surface area contributed by atoms with Crippen molar-refractivity contribution in [3.63, 3.8) is 0 Å². The maximum atomic E-state index is 12.6. The predicted molar refractivity (Wildman–Crippen MR) is 99.6 cm³/mol. The first-order valence-electron chi connectivity index (χ1n) is 9.52. The molecule has 2 atom stereocenters. The van der Waals surface area contributed by atoms with Crippen LogP contribution in [0, 0.1) is 0 Å². The van der Waals surface area contributed by atoms with Crippen molar-refractivity contribution in [1.82, 2.24) is 10.4 Å². The van der Waals surface area contributed by atoms with Crippen LogP contribution in [0.5, 0.6) is 0 Å². The number of piperidine rings is 1. The highest BCUT2D eigenvalue weighted by molar-refractivity contribution is 5.82. The van der Waals surface area contributed by atoms with Gasteiger partial charge in [-0.25, -0.2) is 9.59 Å². The molecule has 0 aromatic rings. The molecule has 1 heterocycles. The van der Waals surface area contributed by atoms with Crippen molar-refractivity contribution in [3.8, 4) is 0 Å². The Hall–Kier alpha value is -1.34. The summed E-state index contributed by atoms with van der Waals surface area (Å²) in [5, 5.41) is 0. The second kappa shape index (κ2) is 9.55. The van der Waals surface area contributed by atoms with Gasteiger partial charge in [-0.05, 0) is 60.8 Å². The van der Waals surface area contributed by atoms with E-state index in [-0.39, 0.29) is 6.04 Å². The number of nitrogens with zero attached hydrogens (tertiary/aromatic N) is 1. The van der Waals surface area contributed by atoms with Crippen LogP contribution in [0.3, 0.4) is 0 Å². The molecule has 0 aliphatic carbocycles. The van der Waals surface area contributed by atoms with E-state index in [4.69, 9.17) is 14.3 Å². The normalized spacial score (nSPS) is 21.4. The number of ether oxygens (including phenoxy) is 2. The molecule has 7 heteroatoms. The molecule has 1 saturated heterocycles. The smallest absolute Gasteiger partial charge is 0.411 e. The van der Waals surface area contributed by atoms with Gasteiger partial charge in [0, 0.05) is 6.54 Å². The second-order valence-corrected chi connectivity index (χ2v) is 8.78. The number of hydrogen-bond donors (Lipinski definition) is 1. The Morgan fingerprint density at radius 3 is 2.19 bits per heavy atom. The van der Waals surface area contributed by atoms with Gasteiger partial charge in [0.1, 0.15) is 17.2 Å². The van der Waals surface area contributed by atoms with Gasteiger partial charge in [0.05, 0.1) is 12.6 Å². The van der Waals surface area contributed by atoms with Crippen LogP contribution >= 0.6 is 0 Å². The standard InChI is InChI=1S/C19H36N2O5/c1-8-9-12-24-20-14-10-11-15(16(22)25-18(2,3)4)21(13-14)17(23)26-19(5,6)7/h14-15,20H,8-13H2,1-7H3/t14-,15+/m1/s1. The number of likely N-dealkylation sites (tertiary alicyclic amines) is 1. The minimum absolute atomic E-state index is 0.0435. The highest BCUT2D eigenvalue weighted by Crippen LogP contribution is 2.23. The van der Waals surface area contributed by atoms with Gasteiger partial charge in [0.2, 0.25) is 0 Å². The summed E-state index contributed by atoms with van der Waals surface area (Å²) in [5.74, 6) is -0.395. The summed E-state index contributed by atoms with van der Waals surface area (Å²) < 4.78 is 11.0. The van der Waals surface area contributed by atoms with Gasteiger partial charge in [-0.15, -0.1) is 0 Å². The molecule has 1 fully saturated rings. The average Bonchev–Trinajstić information content (AvgIpc) is 2.48. The summed E-state index contributed by atoms with van der Waals surface area (Å²) in [4.78, 5) is 32.2. The first-order valence-corrected chi connectivity index (χ1v) is 9.52. The highest BCUT2D eigenvalue weighted by atomic mass is 16.6. The van der Waals surface area contributed by atoms with E-state index >= 15 is 0 Å². The van der Waals surface area contributed by atoms with Crippen molar-refractivity contribution < 1.29 is 23.9 Å². The summed E-state index contributed by atoms with van der Waals surface area (Å²) >= 11 is 0. The van der Waals surface area contributed by atoms with Crippen LogP contribution in [0.25, 0.3) is 0 Å². The molecule has 0 radical (unpaired) electrons. The number of rotatable bonds is 6. The number of hydrogen-bond acceptors (Lipinski definition) is 6. The molecule has 0 unspecified atom stereocenters. The molecule has 0 aromatic heterocycles. The lowest BCUT2D eigenvalue weighted by Gasteiger charge is -2.39. The zero-order valence-electron chi connectivity index (χ0n) is 17.4. The Morgan fingerprint density at radius 1 is 1.04 bits per heavy atom. The van der Waals surface area contributed by atoms with Crippen LogP contribution in [-0.4, -0.2) is 53.4 Å². The lowest BCUT2D eigenvalue weighted by atomic mass is 9.99. The van der Waals surface area contributed by atoms with Crippen LogP contribution in [-0.2, 0) is 19.1 Å². The number of nitrogens with one attached hydrogen (secondary N) is 1. The largest absolute Gasteiger partial charge is 0.458 e. The average molecular weight is 373 g/mol. The van der Waals surface area contributed by atoms with Gasteiger partial charge in [-0.2, -0.15) is 5.48 Å². The van der Waals surface area contributed by atoms with E-state index in [9.17, 15) is 9.59 Å². The van der Waals surface area contributed by atoms with E-state index in [0.717, 1.165) is 19.3 Å². The second-order valence-electron chi connectivity index (χ2n) is 8.78. The molecule has 1 aliphatic rings. The molecule has 0 spiro atoms. The maximum absolute atomic E-state index is 12.6. The molecule has 0 aromatic carbocycles. The first-order chi connectivity index (χ1) is 11.9. The number of carbonyl (C=O) groups is 2. The molecule has 26 heavy (non-hydrogen) atoms. The van der Waals surface area contributed by atoms with Crippen molar-refractivity contribution in [1.29, 1.82) is 0 Å². The van der Waals surface area contributed by atoms with Crippen molar-refractivity contribution in [2.24, 2.45) is 0 Å². The van der Waals surface area contributed by atoms with Gasteiger partial charge < -0.3 is 14.3 Å². The van der Waals surface area contributed by atoms with Crippen LogP contribution in [0.15, 0.2) is 0 Å². The quantitative estimate of drug-likeness (QED) is 0.437. The molecule has 1 amide bonds. The number of hydroxylamine groups is 1. The summed E-state index contributed by atoms with van der Waals surface area (Å²) in [6, 6.07) is -0.684. The van der Waals surface area contributed by atoms with Crippen LogP contribution < -0.4 is 5.48 Å². The predicted octanol–water partition coefficient (Wildman–Crippen LogP) is 3.42. The molecular weight excluding hydrogens is 336 g/mol. The van der Waals surface area contributed by atoms with Crippen molar-refractivity contribution >= 4 is 12.1 Å². The molecule has 0 saturated carbocycles. The summed E-state index contributed by atoms with van der Waals surface area (Å²) in [5.41, 5.74) is 1.78. The molecular formula is C19H36N2O5.